The predicted molar refractivity (Wildman–Crippen MR) is 85.5 cm³/mol. The molecule has 0 bridgehead atoms. The molecule has 2 N–H and O–H groups in total. The van der Waals surface area contributed by atoms with E-state index in [0.29, 0.717) is 0 Å². The minimum absolute atomic E-state index is 0.0525. The highest BCUT2D eigenvalue weighted by atomic mass is 15.3. The molecular formula is C16H21N5. The van der Waals surface area contributed by atoms with Crippen LogP contribution in [0, 0.1) is 0 Å². The van der Waals surface area contributed by atoms with E-state index < -0.39 is 0 Å². The predicted octanol–water partition coefficient (Wildman–Crippen LogP) is 1.82. The van der Waals surface area contributed by atoms with Crippen molar-refractivity contribution in [1.29, 1.82) is 0 Å². The van der Waals surface area contributed by atoms with Gasteiger partial charge >= 0.3 is 0 Å². The minimum atomic E-state index is 0.0525. The number of aromatic nitrogens is 2. The topological polar surface area (TPSA) is 58.3 Å². The lowest BCUT2D eigenvalue weighted by Gasteiger charge is -2.37. The summed E-state index contributed by atoms with van der Waals surface area (Å²) in [6, 6.07) is 10.3. The molecule has 5 heteroatoms. The molecule has 110 valence electrons. The number of piperazine rings is 1. The zero-order chi connectivity index (χ0) is 14.7. The summed E-state index contributed by atoms with van der Waals surface area (Å²) in [6.45, 7) is 5.81. The maximum absolute atomic E-state index is 6.08. The van der Waals surface area contributed by atoms with Crippen LogP contribution in [0.25, 0.3) is 0 Å². The van der Waals surface area contributed by atoms with E-state index in [1.165, 1.54) is 11.3 Å². The highest BCUT2D eigenvalue weighted by molar-refractivity contribution is 5.56. The fourth-order valence-corrected chi connectivity index (χ4v) is 2.76. The molecule has 1 aromatic heterocycles. The van der Waals surface area contributed by atoms with Gasteiger partial charge in [-0.3, -0.25) is 0 Å². The van der Waals surface area contributed by atoms with Crippen molar-refractivity contribution in [3.05, 3.63) is 48.3 Å². The summed E-state index contributed by atoms with van der Waals surface area (Å²) in [5, 5.41) is 0. The molecule has 0 saturated carbocycles. The summed E-state index contributed by atoms with van der Waals surface area (Å²) in [4.78, 5) is 13.3. The molecule has 1 fully saturated rings. The van der Waals surface area contributed by atoms with Gasteiger partial charge in [-0.2, -0.15) is 0 Å². The van der Waals surface area contributed by atoms with Crippen molar-refractivity contribution < 1.29 is 0 Å². The first kappa shape index (κ1) is 13.8. The molecule has 1 aliphatic heterocycles. The Bertz CT molecular complexity index is 576. The van der Waals surface area contributed by atoms with Gasteiger partial charge in [0.25, 0.3) is 0 Å². The van der Waals surface area contributed by atoms with Crippen molar-refractivity contribution in [2.45, 2.75) is 13.0 Å². The van der Waals surface area contributed by atoms with Gasteiger partial charge in [0, 0.05) is 50.3 Å². The average molecular weight is 283 g/mol. The second kappa shape index (κ2) is 6.10. The summed E-state index contributed by atoms with van der Waals surface area (Å²) in [6.07, 6.45) is 3.58. The first-order valence-corrected chi connectivity index (χ1v) is 7.37. The third-order valence-corrected chi connectivity index (χ3v) is 3.88. The zero-order valence-corrected chi connectivity index (χ0v) is 12.3. The van der Waals surface area contributed by atoms with Gasteiger partial charge in [0.15, 0.2) is 0 Å². The summed E-state index contributed by atoms with van der Waals surface area (Å²) < 4.78 is 0. The van der Waals surface area contributed by atoms with Crippen LogP contribution in [0.2, 0.25) is 0 Å². The van der Waals surface area contributed by atoms with E-state index in [4.69, 9.17) is 5.73 Å². The lowest BCUT2D eigenvalue weighted by Crippen LogP contribution is -2.47. The number of nitrogens with zero attached hydrogens (tertiary/aromatic N) is 4. The number of hydrogen-bond donors (Lipinski definition) is 1. The average Bonchev–Trinajstić information content (AvgIpc) is 2.56. The summed E-state index contributed by atoms with van der Waals surface area (Å²) in [5.41, 5.74) is 8.54. The molecule has 0 aliphatic carbocycles. The second-order valence-electron chi connectivity index (χ2n) is 5.37. The van der Waals surface area contributed by atoms with Crippen molar-refractivity contribution in [3.8, 4) is 0 Å². The SMILES string of the molecule is CC(N)c1ccccc1N1CCN(c2ncccn2)CC1. The molecule has 0 spiro atoms. The van der Waals surface area contributed by atoms with E-state index >= 15 is 0 Å². The monoisotopic (exact) mass is 283 g/mol. The summed E-state index contributed by atoms with van der Waals surface area (Å²) in [7, 11) is 0. The van der Waals surface area contributed by atoms with Crippen molar-refractivity contribution >= 4 is 11.6 Å². The first-order valence-electron chi connectivity index (χ1n) is 7.37. The Balaban J connectivity index is 1.72. The van der Waals surface area contributed by atoms with E-state index in [-0.39, 0.29) is 6.04 Å². The van der Waals surface area contributed by atoms with Gasteiger partial charge in [0.1, 0.15) is 0 Å². The fourth-order valence-electron chi connectivity index (χ4n) is 2.76. The molecule has 21 heavy (non-hydrogen) atoms. The van der Waals surface area contributed by atoms with Gasteiger partial charge in [0.05, 0.1) is 0 Å². The normalized spacial score (nSPS) is 16.9. The quantitative estimate of drug-likeness (QED) is 0.931. The molecule has 2 heterocycles. The number of rotatable bonds is 3. The van der Waals surface area contributed by atoms with Crippen LogP contribution in [0.4, 0.5) is 11.6 Å². The Morgan fingerprint density at radius 1 is 0.952 bits per heavy atom. The van der Waals surface area contributed by atoms with Crippen molar-refractivity contribution in [2.75, 3.05) is 36.0 Å². The second-order valence-corrected chi connectivity index (χ2v) is 5.37. The molecule has 2 aromatic rings. The third-order valence-electron chi connectivity index (χ3n) is 3.88. The van der Waals surface area contributed by atoms with Crippen molar-refractivity contribution in [2.24, 2.45) is 5.73 Å². The molecule has 1 saturated heterocycles. The molecule has 5 nitrogen and oxygen atoms in total. The molecule has 3 rings (SSSR count). The number of anilines is 2. The van der Waals surface area contributed by atoms with Crippen LogP contribution in [0.1, 0.15) is 18.5 Å². The Kier molecular flexibility index (Phi) is 4.01. The number of benzene rings is 1. The van der Waals surface area contributed by atoms with Crippen LogP contribution in [-0.2, 0) is 0 Å². The summed E-state index contributed by atoms with van der Waals surface area (Å²) >= 11 is 0. The van der Waals surface area contributed by atoms with Crippen molar-refractivity contribution in [1.82, 2.24) is 9.97 Å². The van der Waals surface area contributed by atoms with Gasteiger partial charge in [0.2, 0.25) is 5.95 Å². The Morgan fingerprint density at radius 2 is 1.57 bits per heavy atom. The van der Waals surface area contributed by atoms with Gasteiger partial charge in [-0.15, -0.1) is 0 Å². The van der Waals surface area contributed by atoms with E-state index in [2.05, 4.69) is 44.0 Å². The van der Waals surface area contributed by atoms with Crippen LogP contribution in [0.5, 0.6) is 0 Å². The first-order chi connectivity index (χ1) is 10.3. The van der Waals surface area contributed by atoms with Crippen LogP contribution in [0.3, 0.4) is 0 Å². The lowest BCUT2D eigenvalue weighted by atomic mass is 10.1. The van der Waals surface area contributed by atoms with Crippen LogP contribution in [-0.4, -0.2) is 36.1 Å². The maximum Gasteiger partial charge on any atom is 0.225 e. The van der Waals surface area contributed by atoms with Crippen LogP contribution < -0.4 is 15.5 Å². The standard InChI is InChI=1S/C16H21N5/c1-13(17)14-5-2-3-6-15(14)20-9-11-21(12-10-20)16-18-7-4-8-19-16/h2-8,13H,9-12,17H2,1H3. The molecule has 0 radical (unpaired) electrons. The maximum atomic E-state index is 6.08. The Morgan fingerprint density at radius 3 is 2.24 bits per heavy atom. The number of hydrogen-bond acceptors (Lipinski definition) is 5. The molecule has 1 aliphatic rings. The number of para-hydroxylation sites is 1. The highest BCUT2D eigenvalue weighted by Gasteiger charge is 2.21. The van der Waals surface area contributed by atoms with Crippen LogP contribution in [0.15, 0.2) is 42.7 Å². The van der Waals surface area contributed by atoms with E-state index in [1.807, 2.05) is 13.0 Å². The van der Waals surface area contributed by atoms with Crippen molar-refractivity contribution in [3.63, 3.8) is 0 Å². The zero-order valence-electron chi connectivity index (χ0n) is 12.3. The molecule has 1 atom stereocenters. The molecule has 1 aromatic carbocycles. The largest absolute Gasteiger partial charge is 0.368 e. The van der Waals surface area contributed by atoms with Gasteiger partial charge in [-0.05, 0) is 24.6 Å². The highest BCUT2D eigenvalue weighted by Crippen LogP contribution is 2.26. The van der Waals surface area contributed by atoms with Gasteiger partial charge < -0.3 is 15.5 Å². The van der Waals surface area contributed by atoms with Gasteiger partial charge in [-0.25, -0.2) is 9.97 Å². The molecule has 1 unspecified atom stereocenters. The van der Waals surface area contributed by atoms with Crippen LogP contribution >= 0.6 is 0 Å². The Hall–Kier alpha value is -2.14. The lowest BCUT2D eigenvalue weighted by molar-refractivity contribution is 0.635. The number of nitrogens with two attached hydrogens (primary N) is 1. The fraction of sp³-hybridized carbons (Fsp3) is 0.375. The Labute approximate surface area is 125 Å². The van der Waals surface area contributed by atoms with E-state index in [9.17, 15) is 0 Å². The van der Waals surface area contributed by atoms with E-state index in [0.717, 1.165) is 32.1 Å². The van der Waals surface area contributed by atoms with Gasteiger partial charge in [-0.1, -0.05) is 18.2 Å². The smallest absolute Gasteiger partial charge is 0.225 e. The third kappa shape index (κ3) is 2.97. The minimum Gasteiger partial charge on any atom is -0.368 e. The van der Waals surface area contributed by atoms with E-state index in [1.54, 1.807) is 12.4 Å². The molecule has 0 amide bonds. The summed E-state index contributed by atoms with van der Waals surface area (Å²) in [5.74, 6) is 0.817. The molecular weight excluding hydrogens is 262 g/mol.